The summed E-state index contributed by atoms with van der Waals surface area (Å²) < 4.78 is 5.25. The van der Waals surface area contributed by atoms with E-state index in [4.69, 9.17) is 16.3 Å². The van der Waals surface area contributed by atoms with E-state index in [2.05, 4.69) is 25.1 Å². The van der Waals surface area contributed by atoms with E-state index in [9.17, 15) is 4.79 Å². The molecule has 0 bridgehead atoms. The molecular formula is C19H13ClO2. The zero-order chi connectivity index (χ0) is 15.3. The van der Waals surface area contributed by atoms with Crippen molar-refractivity contribution in [1.29, 1.82) is 0 Å². The summed E-state index contributed by atoms with van der Waals surface area (Å²) in [5, 5.41) is 2.89. The number of carbonyl (C=O) groups excluding carboxylic acids is 1. The summed E-state index contributed by atoms with van der Waals surface area (Å²) >= 11 is 6.00. The summed E-state index contributed by atoms with van der Waals surface area (Å²) in [6.45, 7) is 2.40. The van der Waals surface area contributed by atoms with Crippen molar-refractivity contribution in [1.82, 2.24) is 0 Å². The highest BCUT2D eigenvalue weighted by Gasteiger charge is 2.26. The standard InChI is InChI=1S/C19H13ClO2/c1-11-2-3-13-9-16-17(10-22-19(16)21)18(15(13)8-11)12-4-6-14(20)7-5-12/h2-9H,10H2,1H3. The van der Waals surface area contributed by atoms with E-state index in [0.29, 0.717) is 17.2 Å². The summed E-state index contributed by atoms with van der Waals surface area (Å²) in [6, 6.07) is 15.9. The third kappa shape index (κ3) is 1.99. The molecule has 0 aromatic heterocycles. The van der Waals surface area contributed by atoms with Gasteiger partial charge in [-0.05, 0) is 47.0 Å². The van der Waals surface area contributed by atoms with Gasteiger partial charge in [0.25, 0.3) is 0 Å². The van der Waals surface area contributed by atoms with Gasteiger partial charge in [0.1, 0.15) is 6.61 Å². The van der Waals surface area contributed by atoms with Crippen LogP contribution in [0.2, 0.25) is 5.02 Å². The molecule has 1 heterocycles. The summed E-state index contributed by atoms with van der Waals surface area (Å²) in [4.78, 5) is 12.0. The van der Waals surface area contributed by atoms with Gasteiger partial charge in [-0.15, -0.1) is 0 Å². The molecule has 0 N–H and O–H groups in total. The maximum Gasteiger partial charge on any atom is 0.338 e. The fraction of sp³-hybridized carbons (Fsp3) is 0.105. The van der Waals surface area contributed by atoms with Crippen molar-refractivity contribution in [2.24, 2.45) is 0 Å². The largest absolute Gasteiger partial charge is 0.457 e. The molecule has 3 aromatic rings. The van der Waals surface area contributed by atoms with Crippen LogP contribution in [0.4, 0.5) is 0 Å². The van der Waals surface area contributed by atoms with Crippen molar-refractivity contribution < 1.29 is 9.53 Å². The quantitative estimate of drug-likeness (QED) is 0.582. The summed E-state index contributed by atoms with van der Waals surface area (Å²) in [6.07, 6.45) is 0. The van der Waals surface area contributed by atoms with E-state index < -0.39 is 0 Å². The molecule has 108 valence electrons. The maximum absolute atomic E-state index is 12.0. The van der Waals surface area contributed by atoms with Gasteiger partial charge in [-0.25, -0.2) is 4.79 Å². The van der Waals surface area contributed by atoms with Crippen LogP contribution in [0.15, 0.2) is 48.5 Å². The molecule has 1 aliphatic rings. The zero-order valence-corrected chi connectivity index (χ0v) is 12.8. The molecule has 0 spiro atoms. The fourth-order valence-electron chi connectivity index (χ4n) is 3.05. The fourth-order valence-corrected chi connectivity index (χ4v) is 3.17. The van der Waals surface area contributed by atoms with Gasteiger partial charge in [0.15, 0.2) is 0 Å². The second kappa shape index (κ2) is 4.85. The highest BCUT2D eigenvalue weighted by Crippen LogP contribution is 2.38. The van der Waals surface area contributed by atoms with Gasteiger partial charge in [-0.3, -0.25) is 0 Å². The average Bonchev–Trinajstić information content (AvgIpc) is 2.87. The molecule has 0 fully saturated rings. The van der Waals surface area contributed by atoms with Gasteiger partial charge in [0, 0.05) is 10.6 Å². The Kier molecular flexibility index (Phi) is 2.95. The molecule has 3 aromatic carbocycles. The molecule has 2 nitrogen and oxygen atoms in total. The van der Waals surface area contributed by atoms with Gasteiger partial charge < -0.3 is 4.74 Å². The van der Waals surface area contributed by atoms with E-state index in [1.54, 1.807) is 0 Å². The van der Waals surface area contributed by atoms with Gasteiger partial charge in [-0.2, -0.15) is 0 Å². The van der Waals surface area contributed by atoms with E-state index in [1.165, 1.54) is 5.56 Å². The summed E-state index contributed by atoms with van der Waals surface area (Å²) in [5.74, 6) is -0.243. The molecule has 0 amide bonds. The maximum atomic E-state index is 12.0. The molecule has 1 aliphatic heterocycles. The van der Waals surface area contributed by atoms with E-state index >= 15 is 0 Å². The van der Waals surface area contributed by atoms with Crippen molar-refractivity contribution >= 4 is 28.3 Å². The first-order chi connectivity index (χ1) is 10.6. The molecule has 0 saturated carbocycles. The number of carbonyl (C=O) groups is 1. The van der Waals surface area contributed by atoms with Gasteiger partial charge in [-0.1, -0.05) is 47.5 Å². The van der Waals surface area contributed by atoms with Crippen LogP contribution in [0.25, 0.3) is 21.9 Å². The van der Waals surface area contributed by atoms with Crippen molar-refractivity contribution in [2.45, 2.75) is 13.5 Å². The Morgan fingerprint density at radius 1 is 1.05 bits per heavy atom. The number of hydrogen-bond donors (Lipinski definition) is 0. The SMILES string of the molecule is Cc1ccc2cc3c(c(-c4ccc(Cl)cc4)c2c1)COC3=O. The van der Waals surface area contributed by atoms with Gasteiger partial charge >= 0.3 is 5.97 Å². The average molecular weight is 309 g/mol. The van der Waals surface area contributed by atoms with E-state index in [0.717, 1.165) is 27.5 Å². The van der Waals surface area contributed by atoms with Crippen LogP contribution in [0.5, 0.6) is 0 Å². The smallest absolute Gasteiger partial charge is 0.338 e. The third-order valence-corrected chi connectivity index (χ3v) is 4.36. The number of esters is 1. The minimum Gasteiger partial charge on any atom is -0.457 e. The normalized spacial score (nSPS) is 13.3. The number of rotatable bonds is 1. The number of hydrogen-bond acceptors (Lipinski definition) is 2. The lowest BCUT2D eigenvalue weighted by Crippen LogP contribution is -1.95. The van der Waals surface area contributed by atoms with Crippen LogP contribution in [-0.4, -0.2) is 5.97 Å². The lowest BCUT2D eigenvalue weighted by atomic mass is 9.90. The van der Waals surface area contributed by atoms with E-state index in [1.807, 2.05) is 30.3 Å². The third-order valence-electron chi connectivity index (χ3n) is 4.11. The van der Waals surface area contributed by atoms with Crippen LogP contribution in [0.1, 0.15) is 21.5 Å². The lowest BCUT2D eigenvalue weighted by Gasteiger charge is -2.12. The van der Waals surface area contributed by atoms with Crippen molar-refractivity contribution in [2.75, 3.05) is 0 Å². The summed E-state index contributed by atoms with van der Waals surface area (Å²) in [5.41, 5.74) is 4.94. The summed E-state index contributed by atoms with van der Waals surface area (Å²) in [7, 11) is 0. The number of halogens is 1. The Morgan fingerprint density at radius 2 is 1.82 bits per heavy atom. The van der Waals surface area contributed by atoms with Crippen molar-refractivity contribution in [3.8, 4) is 11.1 Å². The Labute approximate surface area is 133 Å². The predicted molar refractivity (Wildman–Crippen MR) is 88.3 cm³/mol. The molecule has 0 atom stereocenters. The van der Waals surface area contributed by atoms with Crippen molar-refractivity contribution in [3.05, 3.63) is 70.2 Å². The Morgan fingerprint density at radius 3 is 2.59 bits per heavy atom. The molecule has 0 saturated heterocycles. The Bertz CT molecular complexity index is 911. The topological polar surface area (TPSA) is 26.3 Å². The lowest BCUT2D eigenvalue weighted by molar-refractivity contribution is 0.0535. The van der Waals surface area contributed by atoms with Crippen LogP contribution in [0, 0.1) is 6.92 Å². The second-order valence-electron chi connectivity index (χ2n) is 5.59. The number of aryl methyl sites for hydroxylation is 1. The first kappa shape index (κ1) is 13.4. The highest BCUT2D eigenvalue weighted by atomic mass is 35.5. The van der Waals surface area contributed by atoms with Crippen LogP contribution in [0.3, 0.4) is 0 Å². The molecule has 0 unspecified atom stereocenters. The number of fused-ring (bicyclic) bond motifs is 2. The second-order valence-corrected chi connectivity index (χ2v) is 6.02. The highest BCUT2D eigenvalue weighted by molar-refractivity contribution is 6.30. The van der Waals surface area contributed by atoms with Gasteiger partial charge in [0.05, 0.1) is 5.56 Å². The number of benzene rings is 3. The molecule has 4 rings (SSSR count). The minimum atomic E-state index is -0.243. The van der Waals surface area contributed by atoms with Crippen LogP contribution in [-0.2, 0) is 11.3 Å². The van der Waals surface area contributed by atoms with Crippen LogP contribution >= 0.6 is 11.6 Å². The minimum absolute atomic E-state index is 0.243. The van der Waals surface area contributed by atoms with Crippen LogP contribution < -0.4 is 0 Å². The Balaban J connectivity index is 2.12. The molecule has 22 heavy (non-hydrogen) atoms. The first-order valence-corrected chi connectivity index (χ1v) is 7.50. The molecule has 0 radical (unpaired) electrons. The van der Waals surface area contributed by atoms with E-state index in [-0.39, 0.29) is 5.97 Å². The zero-order valence-electron chi connectivity index (χ0n) is 12.0. The number of ether oxygens (including phenoxy) is 1. The molecular weight excluding hydrogens is 296 g/mol. The first-order valence-electron chi connectivity index (χ1n) is 7.13. The Hall–Kier alpha value is -2.32. The molecule has 3 heteroatoms. The number of cyclic esters (lactones) is 1. The van der Waals surface area contributed by atoms with Crippen molar-refractivity contribution in [3.63, 3.8) is 0 Å². The van der Waals surface area contributed by atoms with Gasteiger partial charge in [0.2, 0.25) is 0 Å². The predicted octanol–water partition coefficient (Wildman–Crippen LogP) is 5.14. The monoisotopic (exact) mass is 308 g/mol. The molecule has 0 aliphatic carbocycles.